The summed E-state index contributed by atoms with van der Waals surface area (Å²) >= 11 is 0. The molecular weight excluding hydrogens is 230 g/mol. The van der Waals surface area contributed by atoms with Crippen LogP contribution in [0.5, 0.6) is 0 Å². The van der Waals surface area contributed by atoms with Gasteiger partial charge in [-0.25, -0.2) is 15.0 Å². The molecule has 1 saturated heterocycles. The Balaban J connectivity index is 2.00. The second kappa shape index (κ2) is 4.99. The van der Waals surface area contributed by atoms with E-state index >= 15 is 0 Å². The second-order valence-electron chi connectivity index (χ2n) is 4.50. The Bertz CT molecular complexity index is 532. The van der Waals surface area contributed by atoms with Crippen molar-refractivity contribution < 1.29 is 4.74 Å². The first-order chi connectivity index (χ1) is 8.90. The summed E-state index contributed by atoms with van der Waals surface area (Å²) in [6.07, 6.45) is 7.50. The molecule has 1 aliphatic rings. The van der Waals surface area contributed by atoms with Gasteiger partial charge in [0.15, 0.2) is 5.65 Å². The highest BCUT2D eigenvalue weighted by Gasteiger charge is 2.19. The summed E-state index contributed by atoms with van der Waals surface area (Å²) in [7, 11) is 0. The molecule has 2 aromatic heterocycles. The van der Waals surface area contributed by atoms with E-state index in [1.165, 1.54) is 6.42 Å². The van der Waals surface area contributed by atoms with E-state index in [1.54, 1.807) is 12.7 Å². The Morgan fingerprint density at radius 1 is 1.33 bits per heavy atom. The number of aromatic nitrogens is 4. The monoisotopic (exact) mass is 247 g/mol. The van der Waals surface area contributed by atoms with Crippen LogP contribution in [0.25, 0.3) is 11.2 Å². The topological polar surface area (TPSA) is 78.9 Å². The van der Waals surface area contributed by atoms with Crippen LogP contribution in [0.1, 0.15) is 31.2 Å². The molecule has 0 radical (unpaired) electrons. The Hall–Kier alpha value is -1.53. The third-order valence-electron chi connectivity index (χ3n) is 3.28. The van der Waals surface area contributed by atoms with Gasteiger partial charge >= 0.3 is 0 Å². The fourth-order valence-corrected chi connectivity index (χ4v) is 2.37. The van der Waals surface area contributed by atoms with E-state index in [-0.39, 0.29) is 6.23 Å². The molecule has 0 spiro atoms. The maximum Gasteiger partial charge on any atom is 0.165 e. The average Bonchev–Trinajstić information content (AvgIpc) is 2.85. The molecule has 0 aliphatic carbocycles. The molecule has 0 bridgehead atoms. The average molecular weight is 247 g/mol. The van der Waals surface area contributed by atoms with Gasteiger partial charge in [-0.15, -0.1) is 0 Å². The number of rotatable bonds is 3. The highest BCUT2D eigenvalue weighted by Crippen LogP contribution is 2.25. The van der Waals surface area contributed by atoms with Gasteiger partial charge < -0.3 is 10.5 Å². The van der Waals surface area contributed by atoms with Gasteiger partial charge in [0.05, 0.1) is 12.0 Å². The van der Waals surface area contributed by atoms with Crippen molar-refractivity contribution in [2.75, 3.05) is 13.2 Å². The van der Waals surface area contributed by atoms with Crippen molar-refractivity contribution in [3.63, 3.8) is 0 Å². The molecule has 1 unspecified atom stereocenters. The maximum atomic E-state index is 5.77. The first-order valence-electron chi connectivity index (χ1n) is 6.38. The highest BCUT2D eigenvalue weighted by molar-refractivity contribution is 5.73. The van der Waals surface area contributed by atoms with Crippen LogP contribution in [-0.4, -0.2) is 32.7 Å². The molecule has 96 valence electrons. The fraction of sp³-hybridized carbons (Fsp3) is 0.583. The standard InChI is InChI=1S/C12H17N5O/c13-5-4-9-11-12(15-7-14-9)17(8-16-11)10-3-1-2-6-18-10/h7-8,10H,1-6,13H2. The van der Waals surface area contributed by atoms with E-state index < -0.39 is 0 Å². The summed E-state index contributed by atoms with van der Waals surface area (Å²) in [4.78, 5) is 13.0. The Morgan fingerprint density at radius 3 is 3.06 bits per heavy atom. The maximum absolute atomic E-state index is 5.77. The smallest absolute Gasteiger partial charge is 0.165 e. The molecule has 1 atom stereocenters. The molecule has 3 heterocycles. The van der Waals surface area contributed by atoms with Crippen LogP contribution in [0.15, 0.2) is 12.7 Å². The third-order valence-corrected chi connectivity index (χ3v) is 3.28. The quantitative estimate of drug-likeness (QED) is 0.876. The molecular formula is C12H17N5O. The van der Waals surface area contributed by atoms with Gasteiger partial charge in [0.25, 0.3) is 0 Å². The van der Waals surface area contributed by atoms with Crippen molar-refractivity contribution >= 4 is 11.2 Å². The zero-order valence-electron chi connectivity index (χ0n) is 10.2. The normalized spacial score (nSPS) is 20.4. The number of fused-ring (bicyclic) bond motifs is 1. The lowest BCUT2D eigenvalue weighted by Gasteiger charge is -2.23. The first-order valence-corrected chi connectivity index (χ1v) is 6.38. The molecule has 1 aliphatic heterocycles. The summed E-state index contributed by atoms with van der Waals surface area (Å²) in [5, 5.41) is 0. The van der Waals surface area contributed by atoms with Gasteiger partial charge in [0, 0.05) is 13.0 Å². The molecule has 6 heteroatoms. The highest BCUT2D eigenvalue weighted by atomic mass is 16.5. The van der Waals surface area contributed by atoms with Crippen LogP contribution in [0.3, 0.4) is 0 Å². The van der Waals surface area contributed by atoms with Gasteiger partial charge in [-0.1, -0.05) is 0 Å². The van der Waals surface area contributed by atoms with Crippen molar-refractivity contribution in [2.45, 2.75) is 31.9 Å². The van der Waals surface area contributed by atoms with Crippen LogP contribution in [0.4, 0.5) is 0 Å². The van der Waals surface area contributed by atoms with Gasteiger partial charge in [0.2, 0.25) is 0 Å². The van der Waals surface area contributed by atoms with E-state index in [0.29, 0.717) is 6.54 Å². The van der Waals surface area contributed by atoms with E-state index in [2.05, 4.69) is 15.0 Å². The lowest BCUT2D eigenvalue weighted by molar-refractivity contribution is -0.0298. The predicted molar refractivity (Wildman–Crippen MR) is 66.9 cm³/mol. The van der Waals surface area contributed by atoms with Crippen LogP contribution in [0.2, 0.25) is 0 Å². The lowest BCUT2D eigenvalue weighted by Crippen LogP contribution is -2.17. The Labute approximate surface area is 105 Å². The number of hydrogen-bond donors (Lipinski definition) is 1. The van der Waals surface area contributed by atoms with Gasteiger partial charge in [-0.05, 0) is 25.8 Å². The van der Waals surface area contributed by atoms with E-state index in [9.17, 15) is 0 Å². The molecule has 1 fully saturated rings. The predicted octanol–water partition coefficient (Wildman–Crippen LogP) is 1.03. The van der Waals surface area contributed by atoms with Crippen LogP contribution in [0, 0.1) is 0 Å². The summed E-state index contributed by atoms with van der Waals surface area (Å²) in [6, 6.07) is 0. The largest absolute Gasteiger partial charge is 0.358 e. The minimum Gasteiger partial charge on any atom is -0.358 e. The molecule has 2 aromatic rings. The number of ether oxygens (including phenoxy) is 1. The fourth-order valence-electron chi connectivity index (χ4n) is 2.37. The van der Waals surface area contributed by atoms with Crippen molar-refractivity contribution in [3.05, 3.63) is 18.3 Å². The van der Waals surface area contributed by atoms with Gasteiger partial charge in [0.1, 0.15) is 18.1 Å². The minimum absolute atomic E-state index is 0.0596. The number of nitrogens with two attached hydrogens (primary N) is 1. The minimum atomic E-state index is 0.0596. The first kappa shape index (κ1) is 11.6. The Kier molecular flexibility index (Phi) is 3.21. The van der Waals surface area contributed by atoms with Crippen molar-refractivity contribution in [1.29, 1.82) is 0 Å². The lowest BCUT2D eigenvalue weighted by atomic mass is 10.2. The van der Waals surface area contributed by atoms with Crippen molar-refractivity contribution in [3.8, 4) is 0 Å². The SMILES string of the molecule is NCCc1ncnc2c1ncn2C1CCCCO1. The van der Waals surface area contributed by atoms with Crippen molar-refractivity contribution in [1.82, 2.24) is 19.5 Å². The van der Waals surface area contributed by atoms with Crippen LogP contribution < -0.4 is 5.73 Å². The molecule has 6 nitrogen and oxygen atoms in total. The van der Waals surface area contributed by atoms with E-state index in [0.717, 1.165) is 42.7 Å². The van der Waals surface area contributed by atoms with Crippen molar-refractivity contribution in [2.24, 2.45) is 5.73 Å². The third kappa shape index (κ3) is 1.97. The molecule has 18 heavy (non-hydrogen) atoms. The summed E-state index contributed by atoms with van der Waals surface area (Å²) in [5.74, 6) is 0. The van der Waals surface area contributed by atoms with E-state index in [1.807, 2.05) is 4.57 Å². The summed E-state index contributed by atoms with van der Waals surface area (Å²) < 4.78 is 7.78. The zero-order chi connectivity index (χ0) is 12.4. The number of hydrogen-bond acceptors (Lipinski definition) is 5. The molecule has 3 rings (SSSR count). The van der Waals surface area contributed by atoms with Crippen LogP contribution >= 0.6 is 0 Å². The van der Waals surface area contributed by atoms with E-state index in [4.69, 9.17) is 10.5 Å². The molecule has 2 N–H and O–H groups in total. The summed E-state index contributed by atoms with van der Waals surface area (Å²) in [6.45, 7) is 1.38. The molecule has 0 amide bonds. The molecule has 0 aromatic carbocycles. The molecule has 0 saturated carbocycles. The van der Waals surface area contributed by atoms with Gasteiger partial charge in [-0.2, -0.15) is 0 Å². The number of imidazole rings is 1. The number of nitrogens with zero attached hydrogens (tertiary/aromatic N) is 4. The second-order valence-corrected chi connectivity index (χ2v) is 4.50. The van der Waals surface area contributed by atoms with Gasteiger partial charge in [-0.3, -0.25) is 4.57 Å². The summed E-state index contributed by atoms with van der Waals surface area (Å²) in [5.41, 5.74) is 8.19. The zero-order valence-corrected chi connectivity index (χ0v) is 10.2. The Morgan fingerprint density at radius 2 is 2.28 bits per heavy atom. The van der Waals surface area contributed by atoms with Crippen LogP contribution in [-0.2, 0) is 11.2 Å².